The van der Waals surface area contributed by atoms with Crippen LogP contribution in [0, 0.1) is 0 Å². The van der Waals surface area contributed by atoms with E-state index in [1.165, 1.54) is 11.6 Å². The van der Waals surface area contributed by atoms with Gasteiger partial charge >= 0.3 is 0 Å². The summed E-state index contributed by atoms with van der Waals surface area (Å²) in [4.78, 5) is 28.9. The maximum Gasteiger partial charge on any atom is 0.254 e. The first kappa shape index (κ1) is 23.6. The molecule has 0 aromatic heterocycles. The number of ether oxygens (including phenoxy) is 1. The molecule has 0 aliphatic carbocycles. The Morgan fingerprint density at radius 3 is 2.34 bits per heavy atom. The molecule has 0 spiro atoms. The predicted molar refractivity (Wildman–Crippen MR) is 125 cm³/mol. The van der Waals surface area contributed by atoms with Crippen molar-refractivity contribution in [2.24, 2.45) is 0 Å². The zero-order valence-electron chi connectivity index (χ0n) is 19.3. The Morgan fingerprint density at radius 1 is 0.969 bits per heavy atom. The highest BCUT2D eigenvalue weighted by Crippen LogP contribution is 2.24. The molecule has 172 valence electrons. The zero-order valence-corrected chi connectivity index (χ0v) is 19.3. The van der Waals surface area contributed by atoms with Gasteiger partial charge in [0, 0.05) is 38.2 Å². The van der Waals surface area contributed by atoms with E-state index in [0.717, 1.165) is 12.2 Å². The molecule has 0 bridgehead atoms. The molecule has 0 atom stereocenters. The average molecular weight is 439 g/mol. The van der Waals surface area contributed by atoms with Gasteiger partial charge in [-0.2, -0.15) is 0 Å². The van der Waals surface area contributed by atoms with E-state index in [9.17, 15) is 14.7 Å². The topological polar surface area (TPSA) is 70.1 Å². The van der Waals surface area contributed by atoms with Crippen molar-refractivity contribution in [1.82, 2.24) is 9.80 Å². The fraction of sp³-hybridized carbons (Fsp3) is 0.462. The Morgan fingerprint density at radius 2 is 1.66 bits per heavy atom. The van der Waals surface area contributed by atoms with E-state index >= 15 is 0 Å². The van der Waals surface area contributed by atoms with Gasteiger partial charge < -0.3 is 19.6 Å². The van der Waals surface area contributed by atoms with Crippen molar-refractivity contribution in [3.8, 4) is 11.5 Å². The summed E-state index contributed by atoms with van der Waals surface area (Å²) in [6.07, 6.45) is 1.83. The van der Waals surface area contributed by atoms with Crippen LogP contribution in [-0.2, 0) is 10.2 Å². The highest BCUT2D eigenvalue weighted by molar-refractivity contribution is 5.94. The molecule has 6 heteroatoms. The number of phenols is 1. The number of hydrogen-bond donors (Lipinski definition) is 1. The summed E-state index contributed by atoms with van der Waals surface area (Å²) >= 11 is 0. The van der Waals surface area contributed by atoms with Crippen LogP contribution in [0.4, 0.5) is 0 Å². The number of nitrogens with zero attached hydrogens (tertiary/aromatic N) is 2. The molecule has 6 nitrogen and oxygen atoms in total. The molecule has 32 heavy (non-hydrogen) atoms. The molecule has 1 heterocycles. The molecular formula is C26H34N2O4. The lowest BCUT2D eigenvalue weighted by Crippen LogP contribution is -2.37. The van der Waals surface area contributed by atoms with Crippen molar-refractivity contribution in [2.75, 3.05) is 32.8 Å². The number of rotatable bonds is 6. The average Bonchev–Trinajstić information content (AvgIpc) is 3.02. The third-order valence-electron chi connectivity index (χ3n) is 5.75. The van der Waals surface area contributed by atoms with E-state index in [-0.39, 0.29) is 23.0 Å². The summed E-state index contributed by atoms with van der Waals surface area (Å²) in [5.41, 5.74) is 1.84. The molecule has 3 rings (SSSR count). The first-order valence-corrected chi connectivity index (χ1v) is 11.3. The van der Waals surface area contributed by atoms with Crippen LogP contribution in [0.3, 0.4) is 0 Å². The van der Waals surface area contributed by atoms with E-state index in [4.69, 9.17) is 4.74 Å². The van der Waals surface area contributed by atoms with Crippen molar-refractivity contribution >= 4 is 11.8 Å². The third-order valence-corrected chi connectivity index (χ3v) is 5.75. The van der Waals surface area contributed by atoms with Crippen LogP contribution in [0.2, 0.25) is 0 Å². The molecule has 0 radical (unpaired) electrons. The Labute approximate surface area is 190 Å². The Bertz CT molecular complexity index is 918. The summed E-state index contributed by atoms with van der Waals surface area (Å²) in [7, 11) is 0. The number of amides is 2. The van der Waals surface area contributed by atoms with Crippen LogP contribution < -0.4 is 4.74 Å². The van der Waals surface area contributed by atoms with Gasteiger partial charge in [0.2, 0.25) is 5.91 Å². The van der Waals surface area contributed by atoms with Crippen LogP contribution in [-0.4, -0.2) is 59.5 Å². The standard InChI is InChI=1S/C26H34N2O4/c1-26(2,3)21-10-12-23(13-11-21)32-18-5-9-24(30)27-14-6-15-28(17-16-27)25(31)20-7-4-8-22(29)19-20/h4,7-8,10-13,19,29H,5-6,9,14-18H2,1-3H3. The highest BCUT2D eigenvalue weighted by Gasteiger charge is 2.23. The van der Waals surface area contributed by atoms with Gasteiger partial charge in [0.05, 0.1) is 6.61 Å². The monoisotopic (exact) mass is 438 g/mol. The molecule has 1 aliphatic rings. The summed E-state index contributed by atoms with van der Waals surface area (Å²) in [5, 5.41) is 9.62. The third kappa shape index (κ3) is 6.49. The van der Waals surface area contributed by atoms with Gasteiger partial charge in [-0.15, -0.1) is 0 Å². The summed E-state index contributed by atoms with van der Waals surface area (Å²) in [6, 6.07) is 14.5. The van der Waals surface area contributed by atoms with Crippen molar-refractivity contribution in [3.63, 3.8) is 0 Å². The quantitative estimate of drug-likeness (QED) is 0.686. The van der Waals surface area contributed by atoms with E-state index in [1.54, 1.807) is 23.1 Å². The van der Waals surface area contributed by atoms with Crippen LogP contribution in [0.1, 0.15) is 56.0 Å². The number of carbonyl (C=O) groups is 2. The first-order valence-electron chi connectivity index (χ1n) is 11.3. The summed E-state index contributed by atoms with van der Waals surface area (Å²) in [6.45, 7) is 9.31. The van der Waals surface area contributed by atoms with E-state index in [1.807, 2.05) is 17.0 Å². The maximum atomic E-state index is 12.7. The molecule has 0 unspecified atom stereocenters. The Kier molecular flexibility index (Phi) is 7.78. The van der Waals surface area contributed by atoms with Gasteiger partial charge in [-0.05, 0) is 54.2 Å². The van der Waals surface area contributed by atoms with Gasteiger partial charge in [-0.3, -0.25) is 9.59 Å². The fourth-order valence-corrected chi connectivity index (χ4v) is 3.81. The number of phenolic OH excluding ortho intramolecular Hbond substituents is 1. The highest BCUT2D eigenvalue weighted by atomic mass is 16.5. The summed E-state index contributed by atoms with van der Waals surface area (Å²) < 4.78 is 5.80. The minimum atomic E-state index is -0.110. The van der Waals surface area contributed by atoms with Crippen LogP contribution in [0.15, 0.2) is 48.5 Å². The minimum absolute atomic E-state index is 0.0786. The predicted octanol–water partition coefficient (Wildman–Crippen LogP) is 4.22. The second-order valence-corrected chi connectivity index (χ2v) is 9.30. The second kappa shape index (κ2) is 10.5. The molecule has 2 aromatic rings. The maximum absolute atomic E-state index is 12.7. The molecule has 0 saturated carbocycles. The van der Waals surface area contributed by atoms with Crippen molar-refractivity contribution < 1.29 is 19.4 Å². The molecule has 2 amide bonds. The molecule has 1 fully saturated rings. The van der Waals surface area contributed by atoms with Gasteiger partial charge in [-0.25, -0.2) is 0 Å². The van der Waals surface area contributed by atoms with Gasteiger partial charge in [-0.1, -0.05) is 39.0 Å². The van der Waals surface area contributed by atoms with E-state index in [2.05, 4.69) is 32.9 Å². The molecular weight excluding hydrogens is 404 g/mol. The van der Waals surface area contributed by atoms with Crippen molar-refractivity contribution in [3.05, 3.63) is 59.7 Å². The lowest BCUT2D eigenvalue weighted by Gasteiger charge is -2.22. The second-order valence-electron chi connectivity index (χ2n) is 9.30. The van der Waals surface area contributed by atoms with Gasteiger partial charge in [0.15, 0.2) is 0 Å². The van der Waals surface area contributed by atoms with E-state index in [0.29, 0.717) is 51.2 Å². The molecule has 2 aromatic carbocycles. The number of aromatic hydroxyl groups is 1. The lowest BCUT2D eigenvalue weighted by molar-refractivity contribution is -0.131. The normalized spacial score (nSPS) is 14.7. The fourth-order valence-electron chi connectivity index (χ4n) is 3.81. The molecule has 1 aliphatic heterocycles. The van der Waals surface area contributed by atoms with Gasteiger partial charge in [0.1, 0.15) is 11.5 Å². The zero-order chi connectivity index (χ0) is 23.1. The first-order chi connectivity index (χ1) is 15.2. The number of benzene rings is 2. The van der Waals surface area contributed by atoms with E-state index < -0.39 is 0 Å². The molecule has 1 saturated heterocycles. The summed E-state index contributed by atoms with van der Waals surface area (Å²) in [5.74, 6) is 0.889. The largest absolute Gasteiger partial charge is 0.508 e. The van der Waals surface area contributed by atoms with Crippen LogP contribution in [0.5, 0.6) is 11.5 Å². The lowest BCUT2D eigenvalue weighted by atomic mass is 9.87. The Hall–Kier alpha value is -3.02. The molecule has 1 N–H and O–H groups in total. The van der Waals surface area contributed by atoms with Crippen LogP contribution in [0.25, 0.3) is 0 Å². The smallest absolute Gasteiger partial charge is 0.254 e. The van der Waals surface area contributed by atoms with Crippen molar-refractivity contribution in [1.29, 1.82) is 0 Å². The Balaban J connectivity index is 1.41. The number of carbonyl (C=O) groups excluding carboxylic acids is 2. The SMILES string of the molecule is CC(C)(C)c1ccc(OCCCC(=O)N2CCCN(C(=O)c3cccc(O)c3)CC2)cc1. The number of hydrogen-bond acceptors (Lipinski definition) is 4. The minimum Gasteiger partial charge on any atom is -0.508 e. The van der Waals surface area contributed by atoms with Crippen molar-refractivity contribution in [2.45, 2.75) is 45.4 Å². The van der Waals surface area contributed by atoms with Gasteiger partial charge in [0.25, 0.3) is 5.91 Å². The van der Waals surface area contributed by atoms with Crippen LogP contribution >= 0.6 is 0 Å².